The van der Waals surface area contributed by atoms with E-state index in [0.29, 0.717) is 11.3 Å². The molecule has 138 valence electrons. The van der Waals surface area contributed by atoms with E-state index in [1.54, 1.807) is 30.3 Å². The molecule has 0 bridgehead atoms. The number of nitrogens with one attached hydrogen (secondary N) is 2. The van der Waals surface area contributed by atoms with Gasteiger partial charge in [0.15, 0.2) is 5.76 Å². The summed E-state index contributed by atoms with van der Waals surface area (Å²) in [6.07, 6.45) is 1.41. The molecule has 1 heterocycles. The molecule has 26 heavy (non-hydrogen) atoms. The van der Waals surface area contributed by atoms with Crippen LogP contribution in [0.5, 0.6) is 5.75 Å². The van der Waals surface area contributed by atoms with Gasteiger partial charge in [-0.3, -0.25) is 25.2 Å². The number of carbonyl (C=O) groups excluding carboxylic acids is 3. The highest BCUT2D eigenvalue weighted by Crippen LogP contribution is 2.13. The Morgan fingerprint density at radius 2 is 1.81 bits per heavy atom. The lowest BCUT2D eigenvalue weighted by molar-refractivity contribution is -0.122. The summed E-state index contributed by atoms with van der Waals surface area (Å²) < 4.78 is 10.5. The van der Waals surface area contributed by atoms with Crippen molar-refractivity contribution < 1.29 is 23.5 Å². The Kier molecular flexibility index (Phi) is 6.37. The Labute approximate surface area is 151 Å². The number of furan rings is 1. The van der Waals surface area contributed by atoms with Gasteiger partial charge < -0.3 is 14.1 Å². The van der Waals surface area contributed by atoms with Crippen molar-refractivity contribution >= 4 is 17.7 Å². The molecule has 1 aromatic carbocycles. The zero-order chi connectivity index (χ0) is 19.1. The van der Waals surface area contributed by atoms with Gasteiger partial charge in [-0.1, -0.05) is 0 Å². The smallest absolute Gasteiger partial charge is 0.289 e. The van der Waals surface area contributed by atoms with E-state index in [2.05, 4.69) is 10.9 Å². The fraction of sp³-hybridized carbons (Fsp3) is 0.278. The van der Waals surface area contributed by atoms with E-state index < -0.39 is 17.7 Å². The maximum atomic E-state index is 12.0. The van der Waals surface area contributed by atoms with Crippen LogP contribution in [-0.2, 0) is 4.79 Å². The topological polar surface area (TPSA) is 101 Å². The first-order valence-corrected chi connectivity index (χ1v) is 8.01. The molecule has 0 aliphatic rings. The Hall–Kier alpha value is -3.29. The van der Waals surface area contributed by atoms with Gasteiger partial charge in [-0.05, 0) is 50.2 Å². The summed E-state index contributed by atoms with van der Waals surface area (Å²) in [6, 6.07) is 9.61. The molecule has 3 amide bonds. The molecule has 0 radical (unpaired) electrons. The summed E-state index contributed by atoms with van der Waals surface area (Å²) >= 11 is 0. The number of benzene rings is 1. The van der Waals surface area contributed by atoms with Gasteiger partial charge in [-0.15, -0.1) is 0 Å². The molecule has 0 atom stereocenters. The number of hydrogen-bond acceptors (Lipinski definition) is 5. The minimum Gasteiger partial charge on any atom is -0.491 e. The van der Waals surface area contributed by atoms with Crippen LogP contribution in [0.15, 0.2) is 47.1 Å². The second-order valence-electron chi connectivity index (χ2n) is 5.83. The minimum absolute atomic E-state index is 0.0369. The lowest BCUT2D eigenvalue weighted by atomic mass is 10.2. The quantitative estimate of drug-likeness (QED) is 0.763. The van der Waals surface area contributed by atoms with Gasteiger partial charge in [-0.2, -0.15) is 0 Å². The number of likely N-dealkylation sites (N-methyl/N-ethyl adjacent to an activating group) is 1. The summed E-state index contributed by atoms with van der Waals surface area (Å²) in [5.74, 6) is -0.668. The first-order chi connectivity index (χ1) is 12.4. The number of hydrogen-bond donors (Lipinski definition) is 2. The predicted molar refractivity (Wildman–Crippen MR) is 93.5 cm³/mol. The van der Waals surface area contributed by atoms with Gasteiger partial charge in [0.25, 0.3) is 17.7 Å². The fourth-order valence-electron chi connectivity index (χ4n) is 2.07. The molecule has 0 aliphatic heterocycles. The summed E-state index contributed by atoms with van der Waals surface area (Å²) in [5.41, 5.74) is 4.92. The molecule has 0 unspecified atom stereocenters. The van der Waals surface area contributed by atoms with E-state index in [1.165, 1.54) is 24.3 Å². The maximum absolute atomic E-state index is 12.0. The van der Waals surface area contributed by atoms with Crippen LogP contribution in [-0.4, -0.2) is 42.3 Å². The monoisotopic (exact) mass is 359 g/mol. The summed E-state index contributed by atoms with van der Waals surface area (Å²) in [7, 11) is 1.46. The van der Waals surface area contributed by atoms with Crippen LogP contribution >= 0.6 is 0 Å². The zero-order valence-corrected chi connectivity index (χ0v) is 14.8. The molecule has 0 saturated carbocycles. The normalized spacial score (nSPS) is 10.3. The zero-order valence-electron chi connectivity index (χ0n) is 14.8. The largest absolute Gasteiger partial charge is 0.491 e. The third kappa shape index (κ3) is 5.37. The summed E-state index contributed by atoms with van der Waals surface area (Å²) in [6.45, 7) is 3.58. The number of amides is 3. The van der Waals surface area contributed by atoms with Gasteiger partial charge >= 0.3 is 0 Å². The van der Waals surface area contributed by atoms with Crippen LogP contribution in [0.1, 0.15) is 34.8 Å². The van der Waals surface area contributed by atoms with Crippen LogP contribution in [0, 0.1) is 0 Å². The number of hydrazine groups is 1. The van der Waals surface area contributed by atoms with E-state index in [-0.39, 0.29) is 18.4 Å². The average molecular weight is 359 g/mol. The average Bonchev–Trinajstić information content (AvgIpc) is 3.13. The molecule has 1 aromatic heterocycles. The Morgan fingerprint density at radius 3 is 2.38 bits per heavy atom. The van der Waals surface area contributed by atoms with Gasteiger partial charge in [0.2, 0.25) is 0 Å². The van der Waals surface area contributed by atoms with Gasteiger partial charge in [-0.25, -0.2) is 0 Å². The van der Waals surface area contributed by atoms with Crippen molar-refractivity contribution in [3.05, 3.63) is 54.0 Å². The van der Waals surface area contributed by atoms with E-state index in [0.717, 1.165) is 0 Å². The van der Waals surface area contributed by atoms with E-state index >= 15 is 0 Å². The van der Waals surface area contributed by atoms with E-state index in [4.69, 9.17) is 9.15 Å². The molecule has 0 fully saturated rings. The maximum Gasteiger partial charge on any atom is 0.289 e. The van der Waals surface area contributed by atoms with Crippen LogP contribution in [0.2, 0.25) is 0 Å². The number of carbonyl (C=O) groups is 3. The molecule has 0 saturated heterocycles. The van der Waals surface area contributed by atoms with Crippen LogP contribution in [0.4, 0.5) is 0 Å². The summed E-state index contributed by atoms with van der Waals surface area (Å²) in [4.78, 5) is 37.0. The van der Waals surface area contributed by atoms with Gasteiger partial charge in [0.05, 0.1) is 12.4 Å². The first-order valence-electron chi connectivity index (χ1n) is 8.01. The van der Waals surface area contributed by atoms with Crippen LogP contribution < -0.4 is 15.6 Å². The standard InChI is InChI=1S/C18H21N3O5/c1-12(2)26-14-8-6-13(7-9-14)17(23)20-19-16(22)11-21(3)18(24)15-5-4-10-25-15/h4-10,12H,11H2,1-3H3,(H,19,22)(H,20,23). The summed E-state index contributed by atoms with van der Waals surface area (Å²) in [5, 5.41) is 0. The van der Waals surface area contributed by atoms with E-state index in [1.807, 2.05) is 13.8 Å². The van der Waals surface area contributed by atoms with Gasteiger partial charge in [0.1, 0.15) is 12.3 Å². The number of ether oxygens (including phenoxy) is 1. The van der Waals surface area contributed by atoms with Crippen molar-refractivity contribution in [2.45, 2.75) is 20.0 Å². The Balaban J connectivity index is 1.81. The molecule has 2 rings (SSSR count). The highest BCUT2D eigenvalue weighted by atomic mass is 16.5. The van der Waals surface area contributed by atoms with Crippen molar-refractivity contribution in [1.29, 1.82) is 0 Å². The molecule has 2 aromatic rings. The van der Waals surface area contributed by atoms with Crippen molar-refractivity contribution in [3.8, 4) is 5.75 Å². The molecule has 0 aliphatic carbocycles. The Morgan fingerprint density at radius 1 is 1.12 bits per heavy atom. The van der Waals surface area contributed by atoms with Gasteiger partial charge in [0, 0.05) is 12.6 Å². The number of nitrogens with zero attached hydrogens (tertiary/aromatic N) is 1. The highest BCUT2D eigenvalue weighted by molar-refractivity contribution is 5.97. The molecule has 0 spiro atoms. The molecule has 8 nitrogen and oxygen atoms in total. The molecular formula is C18H21N3O5. The van der Waals surface area contributed by atoms with Crippen molar-refractivity contribution in [3.63, 3.8) is 0 Å². The highest BCUT2D eigenvalue weighted by Gasteiger charge is 2.17. The second-order valence-corrected chi connectivity index (χ2v) is 5.83. The molecular weight excluding hydrogens is 338 g/mol. The Bertz CT molecular complexity index is 754. The molecule has 2 N–H and O–H groups in total. The minimum atomic E-state index is -0.541. The van der Waals surface area contributed by atoms with Crippen LogP contribution in [0.25, 0.3) is 0 Å². The SMILES string of the molecule is CC(C)Oc1ccc(C(=O)NNC(=O)CN(C)C(=O)c2ccco2)cc1. The van der Waals surface area contributed by atoms with E-state index in [9.17, 15) is 14.4 Å². The molecule has 8 heteroatoms. The third-order valence-corrected chi connectivity index (χ3v) is 3.26. The van der Waals surface area contributed by atoms with Crippen molar-refractivity contribution in [2.24, 2.45) is 0 Å². The second kappa shape index (κ2) is 8.70. The predicted octanol–water partition coefficient (Wildman–Crippen LogP) is 1.60. The lowest BCUT2D eigenvalue weighted by Crippen LogP contribution is -2.46. The third-order valence-electron chi connectivity index (χ3n) is 3.26. The fourth-order valence-corrected chi connectivity index (χ4v) is 2.07. The number of rotatable bonds is 6. The van der Waals surface area contributed by atoms with Crippen molar-refractivity contribution in [2.75, 3.05) is 13.6 Å². The van der Waals surface area contributed by atoms with Crippen LogP contribution in [0.3, 0.4) is 0 Å². The van der Waals surface area contributed by atoms with Crippen molar-refractivity contribution in [1.82, 2.24) is 15.8 Å². The first kappa shape index (κ1) is 19.0. The lowest BCUT2D eigenvalue weighted by Gasteiger charge is -2.15.